The first-order chi connectivity index (χ1) is 16.0. The summed E-state index contributed by atoms with van der Waals surface area (Å²) in [6.45, 7) is 12.9. The average Bonchev–Trinajstić information content (AvgIpc) is 2.72. The fourth-order valence-electron chi connectivity index (χ4n) is 4.88. The van der Waals surface area contributed by atoms with Gasteiger partial charge in [-0.1, -0.05) is 6.07 Å². The molecule has 0 saturated carbocycles. The van der Waals surface area contributed by atoms with Gasteiger partial charge in [-0.2, -0.15) is 0 Å². The van der Waals surface area contributed by atoms with Crippen LogP contribution < -0.4 is 5.32 Å². The van der Waals surface area contributed by atoms with Crippen molar-refractivity contribution >= 4 is 23.6 Å². The van der Waals surface area contributed by atoms with E-state index in [1.807, 2.05) is 44.7 Å². The Morgan fingerprint density at radius 2 is 1.85 bits per heavy atom. The molecule has 4 rings (SSSR count). The maximum absolute atomic E-state index is 13.3. The third kappa shape index (κ3) is 5.32. The topological polar surface area (TPSA) is 87.7 Å². The van der Waals surface area contributed by atoms with Gasteiger partial charge in [-0.25, -0.2) is 14.8 Å². The second-order valence-electron chi connectivity index (χ2n) is 10.5. The zero-order valence-corrected chi connectivity index (χ0v) is 21.0. The van der Waals surface area contributed by atoms with Crippen LogP contribution in [0.15, 0.2) is 24.4 Å². The van der Waals surface area contributed by atoms with Gasteiger partial charge in [0.25, 0.3) is 5.91 Å². The highest BCUT2D eigenvalue weighted by Gasteiger charge is 2.38. The van der Waals surface area contributed by atoms with Crippen LogP contribution in [-0.4, -0.2) is 62.5 Å². The van der Waals surface area contributed by atoms with Crippen molar-refractivity contribution in [2.45, 2.75) is 78.5 Å². The zero-order chi connectivity index (χ0) is 24.6. The van der Waals surface area contributed by atoms with Gasteiger partial charge in [0, 0.05) is 43.5 Å². The molecule has 1 N–H and O–H groups in total. The van der Waals surface area contributed by atoms with E-state index in [1.165, 1.54) is 11.1 Å². The van der Waals surface area contributed by atoms with E-state index in [0.29, 0.717) is 31.0 Å². The van der Waals surface area contributed by atoms with Crippen molar-refractivity contribution in [3.05, 3.63) is 46.8 Å². The molecule has 2 aliphatic rings. The molecule has 0 radical (unpaired) electrons. The molecular weight excluding hydrogens is 430 g/mol. The molecule has 1 fully saturated rings. The molecule has 34 heavy (non-hydrogen) atoms. The van der Waals surface area contributed by atoms with E-state index < -0.39 is 5.60 Å². The van der Waals surface area contributed by atoms with E-state index in [9.17, 15) is 9.59 Å². The number of likely N-dealkylation sites (tertiary alicyclic amines) is 1. The molecule has 2 aromatic rings. The minimum absolute atomic E-state index is 0.00316. The minimum Gasteiger partial charge on any atom is -0.444 e. The normalized spacial score (nSPS) is 20.7. The summed E-state index contributed by atoms with van der Waals surface area (Å²) in [6.07, 6.45) is 3.50. The summed E-state index contributed by atoms with van der Waals surface area (Å²) in [5.74, 6) is 0.478. The van der Waals surface area contributed by atoms with Crippen molar-refractivity contribution in [1.29, 1.82) is 0 Å². The molecule has 1 aromatic heterocycles. The number of carbonyl (C=O) groups excluding carboxylic acids is 2. The van der Waals surface area contributed by atoms with Gasteiger partial charge in [-0.3, -0.25) is 4.79 Å². The monoisotopic (exact) mass is 465 g/mol. The Bertz CT molecular complexity index is 1070. The number of nitrogens with zero attached hydrogens (tertiary/aromatic N) is 4. The molecule has 2 amide bonds. The SMILES string of the molecule is Cc1cc(C)cc(Nc2ncc3c(n2)CCN(C2CCN(C(=O)OC(C)(C)C)[C@H](C)C2)C3=O)c1. The number of hydrogen-bond acceptors (Lipinski definition) is 6. The number of piperidine rings is 1. The van der Waals surface area contributed by atoms with Crippen LogP contribution in [0.4, 0.5) is 16.4 Å². The summed E-state index contributed by atoms with van der Waals surface area (Å²) in [7, 11) is 0. The maximum Gasteiger partial charge on any atom is 0.410 e. The Morgan fingerprint density at radius 1 is 1.15 bits per heavy atom. The molecule has 0 bridgehead atoms. The molecule has 8 nitrogen and oxygen atoms in total. The fourth-order valence-corrected chi connectivity index (χ4v) is 4.88. The largest absolute Gasteiger partial charge is 0.444 e. The van der Waals surface area contributed by atoms with Gasteiger partial charge in [0.05, 0.1) is 11.3 Å². The Kier molecular flexibility index (Phi) is 6.51. The van der Waals surface area contributed by atoms with E-state index in [1.54, 1.807) is 11.1 Å². The number of ether oxygens (including phenoxy) is 1. The van der Waals surface area contributed by atoms with Crippen molar-refractivity contribution in [2.24, 2.45) is 0 Å². The van der Waals surface area contributed by atoms with Crippen molar-refractivity contribution in [1.82, 2.24) is 19.8 Å². The highest BCUT2D eigenvalue weighted by molar-refractivity contribution is 5.96. The molecule has 2 atom stereocenters. The predicted octanol–water partition coefficient (Wildman–Crippen LogP) is 4.62. The number of rotatable bonds is 3. The number of aryl methyl sites for hydroxylation is 2. The fraction of sp³-hybridized carbons (Fsp3) is 0.538. The highest BCUT2D eigenvalue weighted by atomic mass is 16.6. The van der Waals surface area contributed by atoms with Crippen LogP contribution in [-0.2, 0) is 11.2 Å². The summed E-state index contributed by atoms with van der Waals surface area (Å²) in [6, 6.07) is 6.30. The van der Waals surface area contributed by atoms with Gasteiger partial charge in [0.1, 0.15) is 5.60 Å². The zero-order valence-electron chi connectivity index (χ0n) is 21.0. The number of nitrogens with one attached hydrogen (secondary N) is 1. The number of anilines is 2. The van der Waals surface area contributed by atoms with Crippen LogP contribution in [0, 0.1) is 13.8 Å². The summed E-state index contributed by atoms with van der Waals surface area (Å²) in [4.78, 5) is 38.6. The molecule has 2 aliphatic heterocycles. The standard InChI is InChI=1S/C26H35N5O3/c1-16-11-17(2)13-19(12-16)28-24-27-15-21-22(29-24)8-10-31(23(21)32)20-7-9-30(18(3)14-20)25(33)34-26(4,5)6/h11-13,15,18,20H,7-10,14H2,1-6H3,(H,27,28,29)/t18-,20?/m1/s1. The van der Waals surface area contributed by atoms with E-state index in [4.69, 9.17) is 4.74 Å². The first-order valence-electron chi connectivity index (χ1n) is 12.0. The number of amides is 2. The molecule has 1 aromatic carbocycles. The molecular formula is C26H35N5O3. The molecule has 3 heterocycles. The van der Waals surface area contributed by atoms with Gasteiger partial charge in [-0.05, 0) is 77.6 Å². The van der Waals surface area contributed by atoms with Gasteiger partial charge >= 0.3 is 6.09 Å². The van der Waals surface area contributed by atoms with Gasteiger partial charge in [0.15, 0.2) is 0 Å². The van der Waals surface area contributed by atoms with E-state index in [0.717, 1.165) is 24.2 Å². The first kappa shape index (κ1) is 24.0. The van der Waals surface area contributed by atoms with Crippen molar-refractivity contribution < 1.29 is 14.3 Å². The van der Waals surface area contributed by atoms with Crippen molar-refractivity contribution in [3.8, 4) is 0 Å². The lowest BCUT2D eigenvalue weighted by molar-refractivity contribution is 0.00220. The maximum atomic E-state index is 13.3. The van der Waals surface area contributed by atoms with Gasteiger partial charge < -0.3 is 19.9 Å². The third-order valence-corrected chi connectivity index (χ3v) is 6.34. The lowest BCUT2D eigenvalue weighted by Gasteiger charge is -2.43. The molecule has 0 spiro atoms. The number of benzene rings is 1. The van der Waals surface area contributed by atoms with Crippen LogP contribution in [0.2, 0.25) is 0 Å². The summed E-state index contributed by atoms with van der Waals surface area (Å²) < 4.78 is 5.55. The second kappa shape index (κ2) is 9.24. The van der Waals surface area contributed by atoms with Crippen LogP contribution in [0.5, 0.6) is 0 Å². The van der Waals surface area contributed by atoms with Crippen molar-refractivity contribution in [3.63, 3.8) is 0 Å². The molecule has 0 aliphatic carbocycles. The van der Waals surface area contributed by atoms with E-state index >= 15 is 0 Å². The van der Waals surface area contributed by atoms with E-state index in [-0.39, 0.29) is 24.1 Å². The predicted molar refractivity (Wildman–Crippen MR) is 131 cm³/mol. The third-order valence-electron chi connectivity index (χ3n) is 6.34. The number of aromatic nitrogens is 2. The average molecular weight is 466 g/mol. The van der Waals surface area contributed by atoms with Crippen LogP contribution >= 0.6 is 0 Å². The molecule has 182 valence electrons. The Morgan fingerprint density at radius 3 is 2.50 bits per heavy atom. The molecule has 1 unspecified atom stereocenters. The lowest BCUT2D eigenvalue weighted by atomic mass is 9.94. The lowest BCUT2D eigenvalue weighted by Crippen LogP contribution is -2.54. The molecule has 8 heteroatoms. The minimum atomic E-state index is -0.522. The van der Waals surface area contributed by atoms with Crippen molar-refractivity contribution in [2.75, 3.05) is 18.4 Å². The molecule has 1 saturated heterocycles. The van der Waals surface area contributed by atoms with Gasteiger partial charge in [-0.15, -0.1) is 0 Å². The Labute approximate surface area is 201 Å². The number of fused-ring (bicyclic) bond motifs is 1. The van der Waals surface area contributed by atoms with Gasteiger partial charge in [0.2, 0.25) is 5.95 Å². The van der Waals surface area contributed by atoms with Crippen LogP contribution in [0.1, 0.15) is 67.7 Å². The van der Waals surface area contributed by atoms with Crippen LogP contribution in [0.25, 0.3) is 0 Å². The number of carbonyl (C=O) groups is 2. The summed E-state index contributed by atoms with van der Waals surface area (Å²) >= 11 is 0. The Hall–Kier alpha value is -3.16. The highest BCUT2D eigenvalue weighted by Crippen LogP contribution is 2.28. The first-order valence-corrected chi connectivity index (χ1v) is 12.0. The smallest absolute Gasteiger partial charge is 0.410 e. The Balaban J connectivity index is 1.42. The second-order valence-corrected chi connectivity index (χ2v) is 10.5. The quantitative estimate of drug-likeness (QED) is 0.712. The van der Waals surface area contributed by atoms with E-state index in [2.05, 4.69) is 35.2 Å². The number of hydrogen-bond donors (Lipinski definition) is 1. The summed E-state index contributed by atoms with van der Waals surface area (Å²) in [5.41, 5.74) is 4.09. The van der Waals surface area contributed by atoms with Crippen LogP contribution in [0.3, 0.4) is 0 Å². The summed E-state index contributed by atoms with van der Waals surface area (Å²) in [5, 5.41) is 3.27.